The summed E-state index contributed by atoms with van der Waals surface area (Å²) in [6, 6.07) is 4.22. The highest BCUT2D eigenvalue weighted by molar-refractivity contribution is 5.79. The van der Waals surface area contributed by atoms with Crippen molar-refractivity contribution in [3.8, 4) is 0 Å². The van der Waals surface area contributed by atoms with Crippen LogP contribution >= 0.6 is 0 Å². The summed E-state index contributed by atoms with van der Waals surface area (Å²) in [5.41, 5.74) is 0. The van der Waals surface area contributed by atoms with Gasteiger partial charge in [0.05, 0.1) is 12.8 Å². The second kappa shape index (κ2) is 6.05. The third-order valence-corrected chi connectivity index (χ3v) is 3.30. The summed E-state index contributed by atoms with van der Waals surface area (Å²) in [4.78, 5) is 14.4. The standard InChI is InChI=1S/C14H22N2O2/c1-3-15-9-11(2)14(17)16(12-6-7-12)10-13-5-4-8-18-13/h4-5,8,11-12,15H,3,6-7,9-10H2,1-2H3. The zero-order chi connectivity index (χ0) is 13.0. The number of furan rings is 1. The molecule has 4 heteroatoms. The topological polar surface area (TPSA) is 45.5 Å². The molecule has 0 aliphatic heterocycles. The van der Waals surface area contributed by atoms with Gasteiger partial charge in [0.15, 0.2) is 0 Å². The van der Waals surface area contributed by atoms with Gasteiger partial charge in [-0.2, -0.15) is 0 Å². The van der Waals surface area contributed by atoms with Crippen molar-refractivity contribution < 1.29 is 9.21 Å². The Hall–Kier alpha value is -1.29. The van der Waals surface area contributed by atoms with Crippen LogP contribution < -0.4 is 5.32 Å². The summed E-state index contributed by atoms with van der Waals surface area (Å²) in [6.45, 7) is 6.30. The van der Waals surface area contributed by atoms with Crippen LogP contribution in [-0.4, -0.2) is 29.9 Å². The molecule has 100 valence electrons. The van der Waals surface area contributed by atoms with Crippen LogP contribution in [0.3, 0.4) is 0 Å². The van der Waals surface area contributed by atoms with Gasteiger partial charge in [-0.25, -0.2) is 0 Å². The van der Waals surface area contributed by atoms with E-state index in [4.69, 9.17) is 4.42 Å². The number of carbonyl (C=O) groups is 1. The molecule has 0 spiro atoms. The highest BCUT2D eigenvalue weighted by atomic mass is 16.3. The molecule has 4 nitrogen and oxygen atoms in total. The predicted octanol–water partition coefficient (Wildman–Crippen LogP) is 2.02. The van der Waals surface area contributed by atoms with E-state index in [2.05, 4.69) is 12.2 Å². The number of amides is 1. The highest BCUT2D eigenvalue weighted by Gasteiger charge is 2.34. The Kier molecular flexibility index (Phi) is 4.42. The molecule has 18 heavy (non-hydrogen) atoms. The van der Waals surface area contributed by atoms with Gasteiger partial charge in [0, 0.05) is 18.5 Å². The maximum Gasteiger partial charge on any atom is 0.227 e. The number of nitrogens with one attached hydrogen (secondary N) is 1. The largest absolute Gasteiger partial charge is 0.467 e. The zero-order valence-corrected chi connectivity index (χ0v) is 11.2. The van der Waals surface area contributed by atoms with Gasteiger partial charge in [-0.3, -0.25) is 4.79 Å². The lowest BCUT2D eigenvalue weighted by atomic mass is 10.1. The smallest absolute Gasteiger partial charge is 0.227 e. The van der Waals surface area contributed by atoms with Crippen LogP contribution in [-0.2, 0) is 11.3 Å². The minimum absolute atomic E-state index is 0.0283. The van der Waals surface area contributed by atoms with E-state index in [0.717, 1.165) is 31.7 Å². The van der Waals surface area contributed by atoms with E-state index in [1.165, 1.54) is 0 Å². The lowest BCUT2D eigenvalue weighted by Gasteiger charge is -2.25. The molecule has 1 N–H and O–H groups in total. The molecule has 1 saturated carbocycles. The first kappa shape index (κ1) is 13.1. The van der Waals surface area contributed by atoms with E-state index in [1.807, 2.05) is 24.0 Å². The van der Waals surface area contributed by atoms with E-state index in [1.54, 1.807) is 6.26 Å². The van der Waals surface area contributed by atoms with Crippen LogP contribution in [0.4, 0.5) is 0 Å². The average Bonchev–Trinajstić information content (AvgIpc) is 3.09. The van der Waals surface area contributed by atoms with Crippen molar-refractivity contribution in [3.63, 3.8) is 0 Å². The van der Waals surface area contributed by atoms with Crippen LogP contribution in [0.15, 0.2) is 22.8 Å². The molecular weight excluding hydrogens is 228 g/mol. The minimum atomic E-state index is 0.0283. The summed E-state index contributed by atoms with van der Waals surface area (Å²) in [6.07, 6.45) is 3.91. The molecule has 1 heterocycles. The van der Waals surface area contributed by atoms with Gasteiger partial charge in [-0.15, -0.1) is 0 Å². The zero-order valence-electron chi connectivity index (χ0n) is 11.2. The van der Waals surface area contributed by atoms with Crippen LogP contribution in [0.25, 0.3) is 0 Å². The molecule has 1 aliphatic rings. The second-order valence-electron chi connectivity index (χ2n) is 4.99. The Bertz CT molecular complexity index is 371. The molecular formula is C14H22N2O2. The van der Waals surface area contributed by atoms with Gasteiger partial charge in [-0.1, -0.05) is 13.8 Å². The molecule has 1 amide bonds. The summed E-state index contributed by atoms with van der Waals surface area (Å²) in [5.74, 6) is 1.13. The van der Waals surface area contributed by atoms with Crippen LogP contribution in [0.1, 0.15) is 32.4 Å². The quantitative estimate of drug-likeness (QED) is 0.805. The van der Waals surface area contributed by atoms with Crippen LogP contribution in [0, 0.1) is 5.92 Å². The van der Waals surface area contributed by atoms with Gasteiger partial charge in [0.25, 0.3) is 0 Å². The first-order valence-electron chi connectivity index (χ1n) is 6.76. The SMILES string of the molecule is CCNCC(C)C(=O)N(Cc1ccco1)C1CC1. The van der Waals surface area contributed by atoms with Gasteiger partial charge in [-0.05, 0) is 31.5 Å². The summed E-state index contributed by atoms with van der Waals surface area (Å²) in [7, 11) is 0. The lowest BCUT2D eigenvalue weighted by molar-refractivity contribution is -0.136. The predicted molar refractivity (Wildman–Crippen MR) is 70.0 cm³/mol. The molecule has 1 aromatic rings. The van der Waals surface area contributed by atoms with Gasteiger partial charge in [0.1, 0.15) is 5.76 Å². The van der Waals surface area contributed by atoms with Gasteiger partial charge in [0.2, 0.25) is 5.91 Å². The van der Waals surface area contributed by atoms with Crippen molar-refractivity contribution in [1.29, 1.82) is 0 Å². The van der Waals surface area contributed by atoms with E-state index in [0.29, 0.717) is 12.6 Å². The summed E-state index contributed by atoms with van der Waals surface area (Å²) in [5, 5.41) is 3.23. The molecule has 2 rings (SSSR count). The van der Waals surface area contributed by atoms with Gasteiger partial charge >= 0.3 is 0 Å². The third-order valence-electron chi connectivity index (χ3n) is 3.30. The normalized spacial score (nSPS) is 16.6. The number of nitrogens with zero attached hydrogens (tertiary/aromatic N) is 1. The Balaban J connectivity index is 1.94. The van der Waals surface area contributed by atoms with Crippen molar-refractivity contribution in [3.05, 3.63) is 24.2 Å². The molecule has 1 atom stereocenters. The molecule has 0 bridgehead atoms. The monoisotopic (exact) mass is 250 g/mol. The highest BCUT2D eigenvalue weighted by Crippen LogP contribution is 2.29. The first-order chi connectivity index (χ1) is 8.72. The van der Waals surface area contributed by atoms with Crippen molar-refractivity contribution in [2.45, 2.75) is 39.3 Å². The summed E-state index contributed by atoms with van der Waals surface area (Å²) < 4.78 is 5.34. The number of rotatable bonds is 7. The molecule has 1 aliphatic carbocycles. The molecule has 0 radical (unpaired) electrons. The molecule has 1 aromatic heterocycles. The second-order valence-corrected chi connectivity index (χ2v) is 4.99. The molecule has 1 unspecified atom stereocenters. The maximum atomic E-state index is 12.4. The van der Waals surface area contributed by atoms with Crippen molar-refractivity contribution in [2.24, 2.45) is 5.92 Å². The third kappa shape index (κ3) is 3.35. The van der Waals surface area contributed by atoms with Crippen LogP contribution in [0.5, 0.6) is 0 Å². The number of hydrogen-bond donors (Lipinski definition) is 1. The minimum Gasteiger partial charge on any atom is -0.467 e. The number of carbonyl (C=O) groups excluding carboxylic acids is 1. The Morgan fingerprint density at radius 3 is 2.94 bits per heavy atom. The average molecular weight is 250 g/mol. The number of hydrogen-bond acceptors (Lipinski definition) is 3. The van der Waals surface area contributed by atoms with Crippen molar-refractivity contribution >= 4 is 5.91 Å². The fourth-order valence-electron chi connectivity index (χ4n) is 2.07. The van der Waals surface area contributed by atoms with E-state index >= 15 is 0 Å². The summed E-state index contributed by atoms with van der Waals surface area (Å²) >= 11 is 0. The van der Waals surface area contributed by atoms with E-state index in [-0.39, 0.29) is 11.8 Å². The van der Waals surface area contributed by atoms with Crippen molar-refractivity contribution in [1.82, 2.24) is 10.2 Å². The van der Waals surface area contributed by atoms with Crippen molar-refractivity contribution in [2.75, 3.05) is 13.1 Å². The Morgan fingerprint density at radius 1 is 1.61 bits per heavy atom. The molecule has 0 saturated heterocycles. The molecule has 1 fully saturated rings. The van der Waals surface area contributed by atoms with Gasteiger partial charge < -0.3 is 14.6 Å². The molecule has 0 aromatic carbocycles. The fourth-order valence-corrected chi connectivity index (χ4v) is 2.07. The fraction of sp³-hybridized carbons (Fsp3) is 0.643. The maximum absolute atomic E-state index is 12.4. The van der Waals surface area contributed by atoms with E-state index < -0.39 is 0 Å². The van der Waals surface area contributed by atoms with E-state index in [9.17, 15) is 4.79 Å². The Labute approximate surface area is 108 Å². The van der Waals surface area contributed by atoms with Crippen LogP contribution in [0.2, 0.25) is 0 Å². The first-order valence-corrected chi connectivity index (χ1v) is 6.76. The Morgan fingerprint density at radius 2 is 2.39 bits per heavy atom. The lowest BCUT2D eigenvalue weighted by Crippen LogP contribution is -2.40.